The highest BCUT2D eigenvalue weighted by Crippen LogP contribution is 2.27. The molecule has 0 bridgehead atoms. The molecule has 0 atom stereocenters. The number of likely N-dealkylation sites (N-methyl/N-ethyl adjacent to an activating group) is 1. The predicted octanol–water partition coefficient (Wildman–Crippen LogP) is 3.17. The van der Waals surface area contributed by atoms with Gasteiger partial charge in [0.15, 0.2) is 5.82 Å². The summed E-state index contributed by atoms with van der Waals surface area (Å²) in [5.41, 5.74) is 5.58. The van der Waals surface area contributed by atoms with Crippen LogP contribution >= 0.6 is 0 Å². The second kappa shape index (κ2) is 6.67. The quantitative estimate of drug-likeness (QED) is 0.553. The molecule has 0 radical (unpaired) electrons. The molecule has 5 rings (SSSR count). The Kier molecular flexibility index (Phi) is 4.02. The van der Waals surface area contributed by atoms with Crippen LogP contribution < -0.4 is 4.90 Å². The van der Waals surface area contributed by atoms with Gasteiger partial charge in [0.2, 0.25) is 0 Å². The van der Waals surface area contributed by atoms with Crippen LogP contribution in [0.4, 0.5) is 11.4 Å². The molecule has 0 unspecified atom stereocenters. The third-order valence-electron chi connectivity index (χ3n) is 5.50. The first-order valence-electron chi connectivity index (χ1n) is 9.50. The summed E-state index contributed by atoms with van der Waals surface area (Å²) < 4.78 is 2.18. The summed E-state index contributed by atoms with van der Waals surface area (Å²) in [7, 11) is 2.19. The monoisotopic (exact) mass is 357 g/mol. The summed E-state index contributed by atoms with van der Waals surface area (Å²) >= 11 is 0. The lowest BCUT2D eigenvalue weighted by Gasteiger charge is -2.34. The molecule has 5 nitrogen and oxygen atoms in total. The van der Waals surface area contributed by atoms with Gasteiger partial charge in [-0.25, -0.2) is 9.98 Å². The molecule has 2 aromatic carbocycles. The van der Waals surface area contributed by atoms with Crippen LogP contribution in [0.1, 0.15) is 17.0 Å². The van der Waals surface area contributed by atoms with E-state index >= 15 is 0 Å². The second-order valence-electron chi connectivity index (χ2n) is 7.31. The average Bonchev–Trinajstić information content (AvgIpc) is 3.10. The number of rotatable bonds is 2. The molecule has 2 aliphatic rings. The van der Waals surface area contributed by atoms with Gasteiger partial charge < -0.3 is 14.4 Å². The van der Waals surface area contributed by atoms with E-state index in [0.717, 1.165) is 55.5 Å². The number of benzene rings is 2. The Morgan fingerprint density at radius 3 is 2.48 bits per heavy atom. The molecule has 136 valence electrons. The van der Waals surface area contributed by atoms with Crippen molar-refractivity contribution in [3.8, 4) is 0 Å². The highest BCUT2D eigenvalue weighted by Gasteiger charge is 2.19. The molecular weight excluding hydrogens is 334 g/mol. The van der Waals surface area contributed by atoms with Gasteiger partial charge in [-0.15, -0.1) is 0 Å². The second-order valence-corrected chi connectivity index (χ2v) is 7.31. The van der Waals surface area contributed by atoms with E-state index in [1.807, 2.05) is 18.5 Å². The van der Waals surface area contributed by atoms with Crippen LogP contribution in [0.3, 0.4) is 0 Å². The SMILES string of the molecule is CN1CCN(c2ccc(C3=Nc4ccccc4Cn4ccnc43)cc2)CC1. The van der Waals surface area contributed by atoms with Gasteiger partial charge in [-0.2, -0.15) is 0 Å². The van der Waals surface area contributed by atoms with E-state index in [1.165, 1.54) is 11.3 Å². The number of hydrogen-bond acceptors (Lipinski definition) is 4. The van der Waals surface area contributed by atoms with Gasteiger partial charge >= 0.3 is 0 Å². The van der Waals surface area contributed by atoms with Crippen molar-refractivity contribution in [2.24, 2.45) is 4.99 Å². The van der Waals surface area contributed by atoms with Crippen LogP contribution in [-0.4, -0.2) is 53.4 Å². The molecule has 0 spiro atoms. The van der Waals surface area contributed by atoms with Crippen LogP contribution in [0.5, 0.6) is 0 Å². The first-order chi connectivity index (χ1) is 13.3. The normalized spacial score (nSPS) is 17.1. The number of piperazine rings is 1. The summed E-state index contributed by atoms with van der Waals surface area (Å²) in [6.07, 6.45) is 3.89. The van der Waals surface area contributed by atoms with Crippen LogP contribution in [0.25, 0.3) is 0 Å². The van der Waals surface area contributed by atoms with E-state index in [2.05, 4.69) is 68.9 Å². The molecule has 0 amide bonds. The largest absolute Gasteiger partial charge is 0.369 e. The first-order valence-corrected chi connectivity index (χ1v) is 9.50. The number of para-hydroxylation sites is 1. The third-order valence-corrected chi connectivity index (χ3v) is 5.50. The minimum Gasteiger partial charge on any atom is -0.369 e. The van der Waals surface area contributed by atoms with Crippen LogP contribution in [-0.2, 0) is 6.54 Å². The number of aliphatic imine (C=N–C) groups is 1. The third kappa shape index (κ3) is 3.04. The zero-order chi connectivity index (χ0) is 18.2. The van der Waals surface area contributed by atoms with Gasteiger partial charge in [-0.05, 0) is 30.8 Å². The fourth-order valence-electron chi connectivity index (χ4n) is 3.85. The highest BCUT2D eigenvalue weighted by molar-refractivity contribution is 6.12. The summed E-state index contributed by atoms with van der Waals surface area (Å²) in [6, 6.07) is 17.1. The van der Waals surface area contributed by atoms with Gasteiger partial charge in [0, 0.05) is 49.8 Å². The van der Waals surface area contributed by atoms with Crippen LogP contribution in [0, 0.1) is 0 Å². The van der Waals surface area contributed by atoms with Crippen LogP contribution in [0.2, 0.25) is 0 Å². The lowest BCUT2D eigenvalue weighted by Crippen LogP contribution is -2.44. The van der Waals surface area contributed by atoms with E-state index in [4.69, 9.17) is 4.99 Å². The smallest absolute Gasteiger partial charge is 0.159 e. The topological polar surface area (TPSA) is 36.7 Å². The van der Waals surface area contributed by atoms with Crippen molar-refractivity contribution in [2.75, 3.05) is 38.1 Å². The highest BCUT2D eigenvalue weighted by atomic mass is 15.2. The zero-order valence-electron chi connectivity index (χ0n) is 15.5. The van der Waals surface area contributed by atoms with E-state index in [9.17, 15) is 0 Å². The zero-order valence-corrected chi connectivity index (χ0v) is 15.5. The summed E-state index contributed by atoms with van der Waals surface area (Å²) in [4.78, 5) is 14.4. The molecule has 1 aromatic heterocycles. The molecule has 3 aromatic rings. The average molecular weight is 357 g/mol. The number of hydrogen-bond donors (Lipinski definition) is 0. The maximum Gasteiger partial charge on any atom is 0.159 e. The number of fused-ring (bicyclic) bond motifs is 2. The van der Waals surface area contributed by atoms with Crippen molar-refractivity contribution in [3.63, 3.8) is 0 Å². The fourth-order valence-corrected chi connectivity index (χ4v) is 3.85. The minimum absolute atomic E-state index is 0.803. The molecule has 1 saturated heterocycles. The maximum atomic E-state index is 4.99. The summed E-state index contributed by atoms with van der Waals surface area (Å²) in [6.45, 7) is 5.19. The Morgan fingerprint density at radius 1 is 0.889 bits per heavy atom. The molecule has 0 N–H and O–H groups in total. The van der Waals surface area contributed by atoms with Crippen molar-refractivity contribution in [2.45, 2.75) is 6.54 Å². The molecule has 5 heteroatoms. The number of anilines is 1. The number of imidazole rings is 1. The van der Waals surface area contributed by atoms with Gasteiger partial charge in [-0.3, -0.25) is 0 Å². The first kappa shape index (κ1) is 16.3. The Bertz CT molecular complexity index is 978. The summed E-state index contributed by atoms with van der Waals surface area (Å²) in [5.74, 6) is 0.929. The van der Waals surface area contributed by atoms with Crippen molar-refractivity contribution in [1.82, 2.24) is 14.5 Å². The van der Waals surface area contributed by atoms with Crippen molar-refractivity contribution < 1.29 is 0 Å². The Balaban J connectivity index is 1.51. The van der Waals surface area contributed by atoms with E-state index in [1.54, 1.807) is 0 Å². The lowest BCUT2D eigenvalue weighted by molar-refractivity contribution is 0.313. The van der Waals surface area contributed by atoms with Crippen molar-refractivity contribution in [1.29, 1.82) is 0 Å². The Morgan fingerprint density at radius 2 is 1.67 bits per heavy atom. The van der Waals surface area contributed by atoms with Crippen molar-refractivity contribution >= 4 is 17.1 Å². The lowest BCUT2D eigenvalue weighted by atomic mass is 10.1. The molecule has 0 saturated carbocycles. The molecule has 27 heavy (non-hydrogen) atoms. The molecular formula is C22H23N5. The molecule has 2 aliphatic heterocycles. The predicted molar refractivity (Wildman–Crippen MR) is 109 cm³/mol. The minimum atomic E-state index is 0.803. The van der Waals surface area contributed by atoms with Gasteiger partial charge in [0.25, 0.3) is 0 Å². The van der Waals surface area contributed by atoms with E-state index < -0.39 is 0 Å². The maximum absolute atomic E-state index is 4.99. The number of aromatic nitrogens is 2. The van der Waals surface area contributed by atoms with Gasteiger partial charge in [-0.1, -0.05) is 30.3 Å². The summed E-state index contributed by atoms with van der Waals surface area (Å²) in [5, 5.41) is 0. The molecule has 1 fully saturated rings. The Hall–Kier alpha value is -2.92. The molecule has 3 heterocycles. The Labute approximate surface area is 159 Å². The van der Waals surface area contributed by atoms with E-state index in [-0.39, 0.29) is 0 Å². The van der Waals surface area contributed by atoms with Gasteiger partial charge in [0.1, 0.15) is 5.71 Å². The molecule has 0 aliphatic carbocycles. The fraction of sp³-hybridized carbons (Fsp3) is 0.273. The van der Waals surface area contributed by atoms with Crippen LogP contribution in [0.15, 0.2) is 65.9 Å². The van der Waals surface area contributed by atoms with E-state index in [0.29, 0.717) is 0 Å². The number of nitrogens with zero attached hydrogens (tertiary/aromatic N) is 5. The van der Waals surface area contributed by atoms with Gasteiger partial charge in [0.05, 0.1) is 12.2 Å². The standard InChI is InChI=1S/C22H23N5/c1-25-12-14-26(15-13-25)19-8-6-17(7-9-19)21-22-23-10-11-27(22)16-18-4-2-3-5-20(18)24-21/h2-11H,12-16H2,1H3. The van der Waals surface area contributed by atoms with Crippen molar-refractivity contribution in [3.05, 3.63) is 77.9 Å².